The van der Waals surface area contributed by atoms with Gasteiger partial charge in [-0.15, -0.1) is 0 Å². The van der Waals surface area contributed by atoms with E-state index < -0.39 is 40.8 Å². The summed E-state index contributed by atoms with van der Waals surface area (Å²) in [7, 11) is -3.83. The molecule has 0 bridgehead atoms. The molecule has 0 saturated heterocycles. The molecule has 0 saturated carbocycles. The second-order valence-corrected chi connectivity index (χ2v) is 5.45. The second-order valence-electron chi connectivity index (χ2n) is 3.57. The van der Waals surface area contributed by atoms with Crippen LogP contribution in [-0.4, -0.2) is 32.2 Å². The number of nitrogens with one attached hydrogen (secondary N) is 2. The van der Waals surface area contributed by atoms with E-state index in [1.165, 1.54) is 0 Å². The molecule has 0 spiro atoms. The third-order valence-corrected chi connectivity index (χ3v) is 3.45. The van der Waals surface area contributed by atoms with Crippen molar-refractivity contribution in [2.45, 2.75) is 38.4 Å². The van der Waals surface area contributed by atoms with E-state index in [9.17, 15) is 21.6 Å². The van der Waals surface area contributed by atoms with Gasteiger partial charge >= 0.3 is 6.18 Å². The van der Waals surface area contributed by atoms with Gasteiger partial charge in [-0.25, -0.2) is 13.1 Å². The number of sulfonamides is 1. The number of hydrogen-bond acceptors (Lipinski definition) is 3. The van der Waals surface area contributed by atoms with E-state index in [-0.39, 0.29) is 12.3 Å². The molecule has 0 amide bonds. The smallest absolute Gasteiger partial charge is 0.386 e. The van der Waals surface area contributed by atoms with Crippen LogP contribution in [0.4, 0.5) is 13.2 Å². The van der Waals surface area contributed by atoms with Crippen molar-refractivity contribution < 1.29 is 21.6 Å². The molecule has 0 aromatic heterocycles. The quantitative estimate of drug-likeness (QED) is 0.477. The molecule has 1 atom stereocenters. The first-order chi connectivity index (χ1) is 7.57. The van der Waals surface area contributed by atoms with Crippen molar-refractivity contribution >= 4 is 15.9 Å². The average molecular weight is 275 g/mol. The minimum atomic E-state index is -4.36. The van der Waals surface area contributed by atoms with Gasteiger partial charge in [0.15, 0.2) is 0 Å². The van der Waals surface area contributed by atoms with E-state index in [0.717, 1.165) is 0 Å². The maximum Gasteiger partial charge on any atom is 0.389 e. The zero-order chi connectivity index (χ0) is 13.7. The van der Waals surface area contributed by atoms with Gasteiger partial charge in [-0.2, -0.15) is 13.2 Å². The van der Waals surface area contributed by atoms with Crippen LogP contribution in [0.25, 0.3) is 0 Å². The largest absolute Gasteiger partial charge is 0.389 e. The molecule has 9 heteroatoms. The predicted molar refractivity (Wildman–Crippen MR) is 58.2 cm³/mol. The molecule has 1 unspecified atom stereocenters. The lowest BCUT2D eigenvalue weighted by molar-refractivity contribution is -0.134. The Labute approximate surface area is 98.1 Å². The number of hydrogen-bond donors (Lipinski definition) is 3. The topological polar surface area (TPSA) is 96.0 Å². The van der Waals surface area contributed by atoms with Crippen molar-refractivity contribution in [3.63, 3.8) is 0 Å². The fourth-order valence-corrected chi connectivity index (χ4v) is 2.47. The number of nitrogens with two attached hydrogens (primary N) is 1. The minimum absolute atomic E-state index is 0.272. The van der Waals surface area contributed by atoms with Gasteiger partial charge in [0.05, 0.1) is 11.8 Å². The zero-order valence-corrected chi connectivity index (χ0v) is 10.2. The zero-order valence-electron chi connectivity index (χ0n) is 9.34. The molecule has 4 N–H and O–H groups in total. The molecule has 17 heavy (non-hydrogen) atoms. The van der Waals surface area contributed by atoms with Gasteiger partial charge in [-0.3, -0.25) is 5.41 Å². The van der Waals surface area contributed by atoms with Crippen molar-refractivity contribution in [2.75, 3.05) is 5.75 Å². The van der Waals surface area contributed by atoms with Crippen LogP contribution in [0.2, 0.25) is 0 Å². The first kappa shape index (κ1) is 16.2. The Morgan fingerprint density at radius 3 is 2.35 bits per heavy atom. The minimum Gasteiger partial charge on any atom is -0.386 e. The van der Waals surface area contributed by atoms with Crippen LogP contribution in [0.3, 0.4) is 0 Å². The summed E-state index contributed by atoms with van der Waals surface area (Å²) in [6.45, 7) is 1.62. The van der Waals surface area contributed by atoms with E-state index in [1.807, 2.05) is 0 Å². The van der Waals surface area contributed by atoms with Gasteiger partial charge in [0.2, 0.25) is 10.0 Å². The molecular formula is C8H16F3N3O2S. The van der Waals surface area contributed by atoms with Crippen LogP contribution in [0.5, 0.6) is 0 Å². The molecular weight excluding hydrogens is 259 g/mol. The number of rotatable bonds is 7. The number of halogens is 3. The number of alkyl halides is 3. The van der Waals surface area contributed by atoms with Crippen molar-refractivity contribution in [2.24, 2.45) is 5.73 Å². The van der Waals surface area contributed by atoms with Gasteiger partial charge in [-0.05, 0) is 12.8 Å². The highest BCUT2D eigenvalue weighted by Gasteiger charge is 2.28. The molecule has 0 aliphatic heterocycles. The van der Waals surface area contributed by atoms with E-state index in [1.54, 1.807) is 6.92 Å². The standard InChI is InChI=1S/C8H16F3N3O2S/c1-2-6(7(12)13)14-17(15,16)5-3-4-8(9,10)11/h6,14H,2-5H2,1H3,(H3,12,13). The van der Waals surface area contributed by atoms with E-state index in [4.69, 9.17) is 11.1 Å². The van der Waals surface area contributed by atoms with E-state index >= 15 is 0 Å². The molecule has 0 rings (SSSR count). The molecule has 0 aromatic carbocycles. The first-order valence-electron chi connectivity index (χ1n) is 4.98. The molecule has 0 aliphatic rings. The Kier molecular flexibility index (Phi) is 5.89. The van der Waals surface area contributed by atoms with Crippen LogP contribution in [0.15, 0.2) is 0 Å². The van der Waals surface area contributed by atoms with Crippen molar-refractivity contribution in [3.8, 4) is 0 Å². The van der Waals surface area contributed by atoms with Crippen LogP contribution in [0, 0.1) is 5.41 Å². The van der Waals surface area contributed by atoms with Crippen LogP contribution >= 0.6 is 0 Å². The summed E-state index contributed by atoms with van der Waals surface area (Å²) in [6.07, 6.45) is -5.74. The molecule has 0 aliphatic carbocycles. The lowest BCUT2D eigenvalue weighted by atomic mass is 10.2. The molecule has 0 radical (unpaired) electrons. The normalized spacial score (nSPS) is 14.6. The summed E-state index contributed by atoms with van der Waals surface area (Å²) in [6, 6.07) is -0.856. The Hall–Kier alpha value is -0.830. The summed E-state index contributed by atoms with van der Waals surface area (Å²) < 4.78 is 60.3. The Morgan fingerprint density at radius 1 is 1.47 bits per heavy atom. The predicted octanol–water partition coefficient (Wildman–Crippen LogP) is 0.963. The van der Waals surface area contributed by atoms with Gasteiger partial charge in [-0.1, -0.05) is 6.92 Å². The highest BCUT2D eigenvalue weighted by molar-refractivity contribution is 7.89. The Morgan fingerprint density at radius 2 is 2.00 bits per heavy atom. The lowest BCUT2D eigenvalue weighted by Gasteiger charge is -2.15. The summed E-state index contributed by atoms with van der Waals surface area (Å²) in [5.74, 6) is -0.983. The number of amidine groups is 1. The highest BCUT2D eigenvalue weighted by Crippen LogP contribution is 2.21. The Bertz CT molecular complexity index is 354. The fraction of sp³-hybridized carbons (Fsp3) is 0.875. The Balaban J connectivity index is 4.26. The average Bonchev–Trinajstić information content (AvgIpc) is 2.11. The van der Waals surface area contributed by atoms with Gasteiger partial charge < -0.3 is 5.73 Å². The maximum absolute atomic E-state index is 11.8. The molecule has 102 valence electrons. The molecule has 0 aromatic rings. The summed E-state index contributed by atoms with van der Waals surface area (Å²) in [5.41, 5.74) is 5.13. The SMILES string of the molecule is CCC(NS(=O)(=O)CCCC(F)(F)F)C(=N)N. The molecule has 0 heterocycles. The van der Waals surface area contributed by atoms with Crippen molar-refractivity contribution in [1.29, 1.82) is 5.41 Å². The lowest BCUT2D eigenvalue weighted by Crippen LogP contribution is -2.44. The summed E-state index contributed by atoms with van der Waals surface area (Å²) in [5, 5.41) is 7.08. The fourth-order valence-electron chi connectivity index (χ4n) is 1.11. The third kappa shape index (κ3) is 7.97. The summed E-state index contributed by atoms with van der Waals surface area (Å²) >= 11 is 0. The summed E-state index contributed by atoms with van der Waals surface area (Å²) in [4.78, 5) is 0. The maximum atomic E-state index is 11.8. The third-order valence-electron chi connectivity index (χ3n) is 1.98. The van der Waals surface area contributed by atoms with E-state index in [0.29, 0.717) is 0 Å². The first-order valence-corrected chi connectivity index (χ1v) is 6.63. The van der Waals surface area contributed by atoms with Gasteiger partial charge in [0.1, 0.15) is 5.84 Å². The molecule has 5 nitrogen and oxygen atoms in total. The van der Waals surface area contributed by atoms with E-state index in [2.05, 4.69) is 4.72 Å². The van der Waals surface area contributed by atoms with Gasteiger partial charge in [0.25, 0.3) is 0 Å². The monoisotopic (exact) mass is 275 g/mol. The highest BCUT2D eigenvalue weighted by atomic mass is 32.2. The van der Waals surface area contributed by atoms with Crippen molar-refractivity contribution in [1.82, 2.24) is 4.72 Å². The molecule has 0 fully saturated rings. The van der Waals surface area contributed by atoms with Crippen LogP contribution < -0.4 is 10.5 Å². The van der Waals surface area contributed by atoms with Crippen LogP contribution in [-0.2, 0) is 10.0 Å². The van der Waals surface area contributed by atoms with Gasteiger partial charge in [0, 0.05) is 6.42 Å². The van der Waals surface area contributed by atoms with Crippen molar-refractivity contribution in [3.05, 3.63) is 0 Å². The van der Waals surface area contributed by atoms with Crippen LogP contribution in [0.1, 0.15) is 26.2 Å². The second kappa shape index (κ2) is 6.20.